The SMILES string of the molecule is C[C@H]1CC[C@H](O)[C@@]2(C)CCCC[C@]12O. The van der Waals surface area contributed by atoms with Gasteiger partial charge in [-0.2, -0.15) is 0 Å². The molecular weight excluding hydrogens is 176 g/mol. The van der Waals surface area contributed by atoms with E-state index in [1.54, 1.807) is 0 Å². The number of aliphatic hydroxyl groups excluding tert-OH is 1. The lowest BCUT2D eigenvalue weighted by atomic mass is 9.53. The van der Waals surface area contributed by atoms with Gasteiger partial charge in [0.25, 0.3) is 0 Å². The molecule has 2 saturated carbocycles. The standard InChI is InChI=1S/C12H22O2/c1-9-5-6-10(13)11(2)7-3-4-8-12(9,11)14/h9-10,13-14H,3-8H2,1-2H3/t9-,10-,11+,12-/m0/s1. The second kappa shape index (κ2) is 3.21. The van der Waals surface area contributed by atoms with Crippen LogP contribution in [0.1, 0.15) is 52.4 Å². The van der Waals surface area contributed by atoms with Crippen LogP contribution >= 0.6 is 0 Å². The second-order valence-electron chi connectivity index (χ2n) is 5.54. The zero-order valence-corrected chi connectivity index (χ0v) is 9.29. The fourth-order valence-corrected chi connectivity index (χ4v) is 3.62. The summed E-state index contributed by atoms with van der Waals surface area (Å²) in [5, 5.41) is 20.8. The van der Waals surface area contributed by atoms with Gasteiger partial charge in [-0.25, -0.2) is 0 Å². The lowest BCUT2D eigenvalue weighted by Gasteiger charge is -2.57. The van der Waals surface area contributed by atoms with Gasteiger partial charge in [-0.1, -0.05) is 26.7 Å². The fourth-order valence-electron chi connectivity index (χ4n) is 3.62. The van der Waals surface area contributed by atoms with Crippen LogP contribution in [0.5, 0.6) is 0 Å². The van der Waals surface area contributed by atoms with Crippen LogP contribution in [-0.4, -0.2) is 21.9 Å². The Morgan fingerprint density at radius 1 is 1.14 bits per heavy atom. The van der Waals surface area contributed by atoms with E-state index in [1.165, 1.54) is 0 Å². The first-order valence-electron chi connectivity index (χ1n) is 5.91. The Labute approximate surface area is 86.3 Å². The lowest BCUT2D eigenvalue weighted by Crippen LogP contribution is -2.61. The highest BCUT2D eigenvalue weighted by atomic mass is 16.3. The summed E-state index contributed by atoms with van der Waals surface area (Å²) in [5.41, 5.74) is -0.855. The molecule has 0 amide bonds. The average molecular weight is 198 g/mol. The van der Waals surface area contributed by atoms with Crippen molar-refractivity contribution in [2.45, 2.75) is 64.1 Å². The second-order valence-corrected chi connectivity index (χ2v) is 5.54. The van der Waals surface area contributed by atoms with E-state index >= 15 is 0 Å². The minimum atomic E-state index is -0.608. The maximum Gasteiger partial charge on any atom is 0.0751 e. The molecule has 0 aromatic carbocycles. The molecule has 0 radical (unpaired) electrons. The molecule has 0 aliphatic heterocycles. The van der Waals surface area contributed by atoms with E-state index in [4.69, 9.17) is 0 Å². The maximum atomic E-state index is 10.7. The van der Waals surface area contributed by atoms with Crippen LogP contribution in [0.15, 0.2) is 0 Å². The van der Waals surface area contributed by atoms with Crippen LogP contribution in [0.4, 0.5) is 0 Å². The fraction of sp³-hybridized carbons (Fsp3) is 1.00. The molecule has 14 heavy (non-hydrogen) atoms. The van der Waals surface area contributed by atoms with Gasteiger partial charge in [0, 0.05) is 5.41 Å². The average Bonchev–Trinajstić information content (AvgIpc) is 2.16. The zero-order chi connectivity index (χ0) is 10.4. The van der Waals surface area contributed by atoms with Crippen molar-refractivity contribution in [3.63, 3.8) is 0 Å². The molecular formula is C12H22O2. The third kappa shape index (κ3) is 1.17. The third-order valence-electron chi connectivity index (χ3n) is 4.92. The van der Waals surface area contributed by atoms with Gasteiger partial charge in [0.1, 0.15) is 0 Å². The zero-order valence-electron chi connectivity index (χ0n) is 9.29. The lowest BCUT2D eigenvalue weighted by molar-refractivity contribution is -0.210. The first kappa shape index (κ1) is 10.4. The summed E-state index contributed by atoms with van der Waals surface area (Å²) >= 11 is 0. The van der Waals surface area contributed by atoms with Crippen molar-refractivity contribution in [2.24, 2.45) is 11.3 Å². The summed E-state index contributed by atoms with van der Waals surface area (Å²) in [5.74, 6) is 0.344. The van der Waals surface area contributed by atoms with Crippen molar-refractivity contribution in [1.29, 1.82) is 0 Å². The van der Waals surface area contributed by atoms with Crippen LogP contribution in [0.3, 0.4) is 0 Å². The van der Waals surface area contributed by atoms with Gasteiger partial charge in [0.15, 0.2) is 0 Å². The summed E-state index contributed by atoms with van der Waals surface area (Å²) in [6.07, 6.45) is 5.65. The molecule has 0 heterocycles. The van der Waals surface area contributed by atoms with Crippen molar-refractivity contribution in [3.05, 3.63) is 0 Å². The predicted molar refractivity (Wildman–Crippen MR) is 55.9 cm³/mol. The molecule has 0 saturated heterocycles. The van der Waals surface area contributed by atoms with E-state index in [0.717, 1.165) is 38.5 Å². The quantitative estimate of drug-likeness (QED) is 0.625. The molecule has 0 unspecified atom stereocenters. The van der Waals surface area contributed by atoms with E-state index in [-0.39, 0.29) is 11.5 Å². The number of fused-ring (bicyclic) bond motifs is 1. The molecule has 2 nitrogen and oxygen atoms in total. The van der Waals surface area contributed by atoms with E-state index in [2.05, 4.69) is 13.8 Å². The van der Waals surface area contributed by atoms with Crippen molar-refractivity contribution in [1.82, 2.24) is 0 Å². The van der Waals surface area contributed by atoms with Gasteiger partial charge in [-0.3, -0.25) is 0 Å². The van der Waals surface area contributed by atoms with Gasteiger partial charge in [0.05, 0.1) is 11.7 Å². The molecule has 0 aromatic rings. The van der Waals surface area contributed by atoms with E-state index in [0.29, 0.717) is 5.92 Å². The maximum absolute atomic E-state index is 10.7. The van der Waals surface area contributed by atoms with E-state index in [9.17, 15) is 10.2 Å². The molecule has 82 valence electrons. The van der Waals surface area contributed by atoms with Gasteiger partial charge < -0.3 is 10.2 Å². The van der Waals surface area contributed by atoms with Crippen molar-refractivity contribution < 1.29 is 10.2 Å². The van der Waals surface area contributed by atoms with Gasteiger partial charge in [-0.15, -0.1) is 0 Å². The van der Waals surface area contributed by atoms with Crippen LogP contribution in [-0.2, 0) is 0 Å². The highest BCUT2D eigenvalue weighted by Gasteiger charge is 2.57. The van der Waals surface area contributed by atoms with Crippen molar-refractivity contribution >= 4 is 0 Å². The smallest absolute Gasteiger partial charge is 0.0751 e. The largest absolute Gasteiger partial charge is 0.392 e. The van der Waals surface area contributed by atoms with Gasteiger partial charge in [0.2, 0.25) is 0 Å². The summed E-state index contributed by atoms with van der Waals surface area (Å²) in [6, 6.07) is 0. The summed E-state index contributed by atoms with van der Waals surface area (Å²) in [4.78, 5) is 0. The molecule has 0 spiro atoms. The third-order valence-corrected chi connectivity index (χ3v) is 4.92. The topological polar surface area (TPSA) is 40.5 Å². The van der Waals surface area contributed by atoms with Crippen molar-refractivity contribution in [3.8, 4) is 0 Å². The first-order chi connectivity index (χ1) is 6.51. The minimum absolute atomic E-state index is 0.247. The van der Waals surface area contributed by atoms with E-state index in [1.807, 2.05) is 0 Å². The monoisotopic (exact) mass is 198 g/mol. The number of hydrogen-bond acceptors (Lipinski definition) is 2. The summed E-state index contributed by atoms with van der Waals surface area (Å²) in [6.45, 7) is 4.21. The van der Waals surface area contributed by atoms with Gasteiger partial charge >= 0.3 is 0 Å². The number of hydrogen-bond donors (Lipinski definition) is 2. The summed E-state index contributed by atoms with van der Waals surface area (Å²) < 4.78 is 0. The van der Waals surface area contributed by atoms with Crippen LogP contribution in [0, 0.1) is 11.3 Å². The molecule has 2 heteroatoms. The molecule has 2 N–H and O–H groups in total. The molecule has 4 atom stereocenters. The van der Waals surface area contributed by atoms with Gasteiger partial charge in [-0.05, 0) is 31.6 Å². The molecule has 2 rings (SSSR count). The highest BCUT2D eigenvalue weighted by Crippen LogP contribution is 2.55. The van der Waals surface area contributed by atoms with Crippen LogP contribution in [0.25, 0.3) is 0 Å². The number of aliphatic hydroxyl groups is 2. The normalized spacial score (nSPS) is 54.0. The van der Waals surface area contributed by atoms with Crippen LogP contribution < -0.4 is 0 Å². The Bertz CT molecular complexity index is 204. The Balaban J connectivity index is 2.33. The molecule has 2 fully saturated rings. The first-order valence-corrected chi connectivity index (χ1v) is 5.91. The molecule has 2 aliphatic carbocycles. The Kier molecular flexibility index (Phi) is 2.39. The minimum Gasteiger partial charge on any atom is -0.392 e. The Hall–Kier alpha value is -0.0800. The summed E-state index contributed by atoms with van der Waals surface area (Å²) in [7, 11) is 0. The Morgan fingerprint density at radius 2 is 1.79 bits per heavy atom. The Morgan fingerprint density at radius 3 is 2.43 bits per heavy atom. The van der Waals surface area contributed by atoms with E-state index < -0.39 is 5.60 Å². The van der Waals surface area contributed by atoms with Crippen molar-refractivity contribution in [2.75, 3.05) is 0 Å². The predicted octanol–water partition coefficient (Wildman–Crippen LogP) is 2.09. The number of rotatable bonds is 0. The molecule has 0 bridgehead atoms. The van der Waals surface area contributed by atoms with Crippen LogP contribution in [0.2, 0.25) is 0 Å². The highest BCUT2D eigenvalue weighted by molar-refractivity contribution is 5.08. The molecule has 2 aliphatic rings. The molecule has 0 aromatic heterocycles.